The normalized spacial score (nSPS) is 21.5. The maximum Gasteiger partial charge on any atom is 0.243 e. The van der Waals surface area contributed by atoms with Crippen LogP contribution in [0.25, 0.3) is 0 Å². The van der Waals surface area contributed by atoms with E-state index in [-0.39, 0.29) is 6.04 Å². The van der Waals surface area contributed by atoms with E-state index in [0.29, 0.717) is 31.2 Å². The summed E-state index contributed by atoms with van der Waals surface area (Å²) in [5.41, 5.74) is 0.795. The van der Waals surface area contributed by atoms with E-state index in [1.807, 2.05) is 19.1 Å². The Labute approximate surface area is 114 Å². The second kappa shape index (κ2) is 6.00. The molecular weight excluding hydrogens is 264 g/mol. The Balaban J connectivity index is 2.38. The summed E-state index contributed by atoms with van der Waals surface area (Å²) in [5, 5.41) is 3.00. The fourth-order valence-corrected chi connectivity index (χ4v) is 4.11. The molecule has 0 aromatic heterocycles. The zero-order valence-electron chi connectivity index (χ0n) is 11.3. The van der Waals surface area contributed by atoms with Crippen LogP contribution in [0.5, 0.6) is 0 Å². The van der Waals surface area contributed by atoms with E-state index in [1.54, 1.807) is 19.2 Å². The van der Waals surface area contributed by atoms with Crippen LogP contribution in [0, 0.1) is 0 Å². The van der Waals surface area contributed by atoms with Crippen LogP contribution in [0.15, 0.2) is 29.2 Å². The molecule has 1 unspecified atom stereocenters. The molecule has 0 amide bonds. The smallest absolute Gasteiger partial charge is 0.243 e. The van der Waals surface area contributed by atoms with Gasteiger partial charge in [-0.2, -0.15) is 4.31 Å². The van der Waals surface area contributed by atoms with Gasteiger partial charge < -0.3 is 10.1 Å². The van der Waals surface area contributed by atoms with E-state index in [9.17, 15) is 8.42 Å². The molecule has 1 atom stereocenters. The summed E-state index contributed by atoms with van der Waals surface area (Å²) in [5.74, 6) is 0. The van der Waals surface area contributed by atoms with Gasteiger partial charge in [-0.15, -0.1) is 0 Å². The van der Waals surface area contributed by atoms with Crippen molar-refractivity contribution in [1.29, 1.82) is 0 Å². The molecule has 0 spiro atoms. The minimum atomic E-state index is -3.45. The van der Waals surface area contributed by atoms with Crippen LogP contribution in [0.1, 0.15) is 12.5 Å². The third-order valence-corrected chi connectivity index (χ3v) is 5.35. The summed E-state index contributed by atoms with van der Waals surface area (Å²) in [6.45, 7) is 3.73. The molecule has 1 heterocycles. The predicted octanol–water partition coefficient (Wildman–Crippen LogP) is 0.815. The van der Waals surface area contributed by atoms with Gasteiger partial charge in [0.1, 0.15) is 0 Å². The van der Waals surface area contributed by atoms with Crippen molar-refractivity contribution in [3.63, 3.8) is 0 Å². The van der Waals surface area contributed by atoms with Crippen molar-refractivity contribution >= 4 is 10.0 Å². The first-order valence-electron chi connectivity index (χ1n) is 6.39. The molecule has 6 heteroatoms. The highest BCUT2D eigenvalue weighted by Crippen LogP contribution is 2.23. The molecule has 5 nitrogen and oxygen atoms in total. The number of benzene rings is 1. The molecule has 0 aliphatic carbocycles. The zero-order chi connectivity index (χ0) is 13.9. The van der Waals surface area contributed by atoms with E-state index >= 15 is 0 Å². The summed E-state index contributed by atoms with van der Waals surface area (Å²) >= 11 is 0. The average Bonchev–Trinajstić information content (AvgIpc) is 2.40. The second-order valence-electron chi connectivity index (χ2n) is 4.68. The molecule has 1 aromatic rings. The minimum Gasteiger partial charge on any atom is -0.378 e. The number of hydrogen-bond acceptors (Lipinski definition) is 4. The molecule has 0 saturated carbocycles. The number of ether oxygens (including phenoxy) is 1. The van der Waals surface area contributed by atoms with E-state index in [4.69, 9.17) is 4.74 Å². The van der Waals surface area contributed by atoms with Crippen molar-refractivity contribution < 1.29 is 13.2 Å². The maximum atomic E-state index is 12.7. The molecule has 2 rings (SSSR count). The fraction of sp³-hybridized carbons (Fsp3) is 0.538. The predicted molar refractivity (Wildman–Crippen MR) is 73.4 cm³/mol. The van der Waals surface area contributed by atoms with Crippen LogP contribution >= 0.6 is 0 Å². The Hall–Kier alpha value is -0.950. The zero-order valence-corrected chi connectivity index (χ0v) is 12.1. The first-order chi connectivity index (χ1) is 9.07. The molecule has 1 aliphatic rings. The molecular formula is C13H20N2O3S. The van der Waals surface area contributed by atoms with Gasteiger partial charge in [-0.1, -0.05) is 18.2 Å². The highest BCUT2D eigenvalue weighted by atomic mass is 32.2. The van der Waals surface area contributed by atoms with Crippen molar-refractivity contribution in [2.75, 3.05) is 26.8 Å². The molecule has 106 valence electrons. The van der Waals surface area contributed by atoms with Gasteiger partial charge in [-0.3, -0.25) is 0 Å². The van der Waals surface area contributed by atoms with Gasteiger partial charge in [0.15, 0.2) is 0 Å². The van der Waals surface area contributed by atoms with Crippen LogP contribution in [-0.2, 0) is 21.3 Å². The summed E-state index contributed by atoms with van der Waals surface area (Å²) in [6, 6.07) is 7.01. The first kappa shape index (κ1) is 14.5. The highest BCUT2D eigenvalue weighted by Gasteiger charge is 2.32. The Morgan fingerprint density at radius 1 is 1.42 bits per heavy atom. The van der Waals surface area contributed by atoms with E-state index in [0.717, 1.165) is 5.56 Å². The van der Waals surface area contributed by atoms with Crippen LogP contribution in [0.2, 0.25) is 0 Å². The Morgan fingerprint density at radius 2 is 2.16 bits per heavy atom. The van der Waals surface area contributed by atoms with Gasteiger partial charge in [0.2, 0.25) is 10.0 Å². The average molecular weight is 284 g/mol. The number of nitrogens with zero attached hydrogens (tertiary/aromatic N) is 1. The summed E-state index contributed by atoms with van der Waals surface area (Å²) < 4.78 is 32.3. The molecule has 1 fully saturated rings. The molecule has 1 aromatic carbocycles. The Bertz CT molecular complexity index is 530. The number of hydrogen-bond donors (Lipinski definition) is 1. The van der Waals surface area contributed by atoms with Gasteiger partial charge in [0.25, 0.3) is 0 Å². The number of nitrogens with one attached hydrogen (secondary N) is 1. The van der Waals surface area contributed by atoms with E-state index < -0.39 is 10.0 Å². The third-order valence-electron chi connectivity index (χ3n) is 3.23. The summed E-state index contributed by atoms with van der Waals surface area (Å²) in [6.07, 6.45) is 0. The monoisotopic (exact) mass is 284 g/mol. The molecule has 1 N–H and O–H groups in total. The molecule has 19 heavy (non-hydrogen) atoms. The second-order valence-corrected chi connectivity index (χ2v) is 6.54. The minimum absolute atomic E-state index is 0.124. The highest BCUT2D eigenvalue weighted by molar-refractivity contribution is 7.89. The van der Waals surface area contributed by atoms with Crippen molar-refractivity contribution in [1.82, 2.24) is 9.62 Å². The van der Waals surface area contributed by atoms with Gasteiger partial charge in [-0.05, 0) is 25.6 Å². The van der Waals surface area contributed by atoms with Crippen molar-refractivity contribution in [3.05, 3.63) is 29.8 Å². The van der Waals surface area contributed by atoms with Crippen molar-refractivity contribution in [2.45, 2.75) is 24.4 Å². The van der Waals surface area contributed by atoms with Crippen molar-refractivity contribution in [3.8, 4) is 0 Å². The van der Waals surface area contributed by atoms with Gasteiger partial charge in [0, 0.05) is 19.1 Å². The molecule has 1 saturated heterocycles. The van der Waals surface area contributed by atoms with Crippen LogP contribution in [0.4, 0.5) is 0 Å². The standard InChI is InChI=1S/C13H20N2O3S/c1-11-10-18-8-7-15(11)19(16,17)13-6-4-3-5-12(13)9-14-2/h3-6,11,14H,7-10H2,1-2H3. The molecule has 1 aliphatic heterocycles. The summed E-state index contributed by atoms with van der Waals surface area (Å²) in [4.78, 5) is 0.387. The van der Waals surface area contributed by atoms with Crippen molar-refractivity contribution in [2.24, 2.45) is 0 Å². The SMILES string of the molecule is CNCc1ccccc1S(=O)(=O)N1CCOCC1C. The van der Waals surface area contributed by atoms with Crippen LogP contribution in [-0.4, -0.2) is 45.6 Å². The molecule has 0 bridgehead atoms. The summed E-state index contributed by atoms with van der Waals surface area (Å²) in [7, 11) is -1.64. The number of morpholine rings is 1. The van der Waals surface area contributed by atoms with Crippen LogP contribution in [0.3, 0.4) is 0 Å². The number of sulfonamides is 1. The quantitative estimate of drug-likeness (QED) is 0.889. The Kier molecular flexibility index (Phi) is 4.57. The van der Waals surface area contributed by atoms with Crippen LogP contribution < -0.4 is 5.32 Å². The Morgan fingerprint density at radius 3 is 2.84 bits per heavy atom. The topological polar surface area (TPSA) is 58.6 Å². The maximum absolute atomic E-state index is 12.7. The van der Waals surface area contributed by atoms with Gasteiger partial charge in [0.05, 0.1) is 18.1 Å². The first-order valence-corrected chi connectivity index (χ1v) is 7.83. The largest absolute Gasteiger partial charge is 0.378 e. The van der Waals surface area contributed by atoms with Gasteiger partial charge in [-0.25, -0.2) is 8.42 Å². The molecule has 0 radical (unpaired) electrons. The van der Waals surface area contributed by atoms with E-state index in [2.05, 4.69) is 5.32 Å². The fourth-order valence-electron chi connectivity index (χ4n) is 2.29. The lowest BCUT2D eigenvalue weighted by Crippen LogP contribution is -2.47. The van der Waals surface area contributed by atoms with Gasteiger partial charge >= 0.3 is 0 Å². The number of rotatable bonds is 4. The third kappa shape index (κ3) is 2.97. The van der Waals surface area contributed by atoms with E-state index in [1.165, 1.54) is 4.31 Å². The lowest BCUT2D eigenvalue weighted by atomic mass is 10.2. The lowest BCUT2D eigenvalue weighted by Gasteiger charge is -2.32. The lowest BCUT2D eigenvalue weighted by molar-refractivity contribution is 0.0392.